The summed E-state index contributed by atoms with van der Waals surface area (Å²) in [5.74, 6) is -3.08. The fourth-order valence-electron chi connectivity index (χ4n) is 4.06. The SMILES string of the molecule is [2H]C1OCC(n2c(Nc3c(F)cc(F)cc3F)nc3cnc(NC4CCC(O)CC4)nc32)C1[2H]. The van der Waals surface area contributed by atoms with E-state index < -0.39 is 42.2 Å². The largest absolute Gasteiger partial charge is 0.393 e. The van der Waals surface area contributed by atoms with Gasteiger partial charge in [0.25, 0.3) is 0 Å². The Kier molecular flexibility index (Phi) is 4.98. The van der Waals surface area contributed by atoms with Gasteiger partial charge in [0.05, 0.1) is 26.3 Å². The number of imidazole rings is 1. The van der Waals surface area contributed by atoms with Gasteiger partial charge in [0.1, 0.15) is 17.0 Å². The summed E-state index contributed by atoms with van der Waals surface area (Å²) < 4.78 is 65.0. The maximum atomic E-state index is 14.3. The van der Waals surface area contributed by atoms with E-state index >= 15 is 0 Å². The molecule has 0 bridgehead atoms. The van der Waals surface area contributed by atoms with Crippen LogP contribution in [0.1, 0.15) is 40.9 Å². The lowest BCUT2D eigenvalue weighted by molar-refractivity contribution is 0.126. The summed E-state index contributed by atoms with van der Waals surface area (Å²) in [6, 6.07) is 0.461. The van der Waals surface area contributed by atoms with Crippen molar-refractivity contribution in [3.63, 3.8) is 0 Å². The molecule has 32 heavy (non-hydrogen) atoms. The number of hydrogen-bond donors (Lipinski definition) is 3. The second-order valence-corrected chi connectivity index (χ2v) is 7.96. The highest BCUT2D eigenvalue weighted by Crippen LogP contribution is 2.32. The Labute approximate surface area is 184 Å². The van der Waals surface area contributed by atoms with Crippen molar-refractivity contribution >= 4 is 28.7 Å². The van der Waals surface area contributed by atoms with E-state index in [1.54, 1.807) is 0 Å². The molecule has 170 valence electrons. The summed E-state index contributed by atoms with van der Waals surface area (Å²) >= 11 is 0. The van der Waals surface area contributed by atoms with Gasteiger partial charge in [-0.25, -0.2) is 23.1 Å². The van der Waals surface area contributed by atoms with Gasteiger partial charge in [-0.15, -0.1) is 0 Å². The van der Waals surface area contributed by atoms with Gasteiger partial charge in [-0.05, 0) is 32.1 Å². The number of aliphatic hydroxyl groups excluding tert-OH is 1. The molecule has 5 rings (SSSR count). The zero-order valence-electron chi connectivity index (χ0n) is 18.9. The minimum absolute atomic E-state index is 0.00410. The van der Waals surface area contributed by atoms with E-state index in [2.05, 4.69) is 25.6 Å². The van der Waals surface area contributed by atoms with Crippen LogP contribution in [0.2, 0.25) is 0 Å². The number of halogens is 3. The van der Waals surface area contributed by atoms with Crippen LogP contribution >= 0.6 is 0 Å². The normalized spacial score (nSPS) is 29.1. The molecule has 3 atom stereocenters. The third-order valence-corrected chi connectivity index (χ3v) is 5.70. The number of benzene rings is 1. The van der Waals surface area contributed by atoms with Crippen molar-refractivity contribution in [3.05, 3.63) is 35.8 Å². The lowest BCUT2D eigenvalue weighted by atomic mass is 9.93. The number of fused-ring (bicyclic) bond motifs is 1. The molecule has 3 N–H and O–H groups in total. The molecule has 1 aliphatic carbocycles. The van der Waals surface area contributed by atoms with E-state index in [9.17, 15) is 18.3 Å². The molecule has 1 saturated heterocycles. The van der Waals surface area contributed by atoms with Crippen LogP contribution in [0.25, 0.3) is 11.2 Å². The topological polar surface area (TPSA) is 97.1 Å². The first-order valence-electron chi connectivity index (χ1n) is 11.5. The summed E-state index contributed by atoms with van der Waals surface area (Å²) in [5, 5.41) is 15.5. The van der Waals surface area contributed by atoms with Crippen LogP contribution in [0.5, 0.6) is 0 Å². The van der Waals surface area contributed by atoms with Crippen LogP contribution < -0.4 is 10.6 Å². The van der Waals surface area contributed by atoms with Gasteiger partial charge in [0.15, 0.2) is 17.3 Å². The Hall–Kier alpha value is -2.92. The number of nitrogens with one attached hydrogen (secondary N) is 2. The van der Waals surface area contributed by atoms with Crippen molar-refractivity contribution in [3.8, 4) is 0 Å². The molecule has 2 aromatic heterocycles. The highest BCUT2D eigenvalue weighted by Gasteiger charge is 2.27. The number of hydrogen-bond acceptors (Lipinski definition) is 7. The summed E-state index contributed by atoms with van der Waals surface area (Å²) in [7, 11) is 0. The Morgan fingerprint density at radius 1 is 1.12 bits per heavy atom. The van der Waals surface area contributed by atoms with E-state index in [1.807, 2.05) is 0 Å². The van der Waals surface area contributed by atoms with Crippen LogP contribution in [0, 0.1) is 17.5 Å². The molecular formula is C21H23F3N6O2. The minimum Gasteiger partial charge on any atom is -0.393 e. The van der Waals surface area contributed by atoms with Crippen LogP contribution in [-0.2, 0) is 4.74 Å². The summed E-state index contributed by atoms with van der Waals surface area (Å²) in [6.45, 7) is -1.10. The number of ether oxygens (including phenoxy) is 1. The first kappa shape index (κ1) is 18.6. The molecule has 3 unspecified atom stereocenters. The van der Waals surface area contributed by atoms with Crippen molar-refractivity contribution < 1.29 is 25.8 Å². The second kappa shape index (κ2) is 8.55. The highest BCUT2D eigenvalue weighted by molar-refractivity contribution is 5.76. The molecule has 1 aliphatic heterocycles. The quantitative estimate of drug-likeness (QED) is 0.546. The number of aromatic nitrogens is 4. The highest BCUT2D eigenvalue weighted by atomic mass is 19.1. The first-order valence-corrected chi connectivity index (χ1v) is 10.4. The number of rotatable bonds is 5. The van der Waals surface area contributed by atoms with Crippen LogP contribution in [0.3, 0.4) is 0 Å². The zero-order chi connectivity index (χ0) is 24.0. The molecule has 0 spiro atoms. The average molecular weight is 450 g/mol. The standard InChI is InChI=1S/C21H23F3N6O2/c22-11-7-15(23)18(16(24)8-11)28-21-27-17-9-25-20(26-12-1-3-14(31)4-2-12)29-19(17)30(21)13-5-6-32-10-13/h7-9,12-14,31H,1-6,10H2,(H,27,28)(H,25,26,29)/i5D,6D. The second-order valence-electron chi connectivity index (χ2n) is 7.96. The van der Waals surface area contributed by atoms with Crippen LogP contribution in [0.15, 0.2) is 18.3 Å². The Bertz CT molecular complexity index is 1180. The van der Waals surface area contributed by atoms with Crippen molar-refractivity contribution in [1.82, 2.24) is 19.5 Å². The first-order chi connectivity index (χ1) is 16.3. The third-order valence-electron chi connectivity index (χ3n) is 5.70. The van der Waals surface area contributed by atoms with Crippen LogP contribution in [-0.4, -0.2) is 50.0 Å². The molecule has 1 aromatic carbocycles. The van der Waals surface area contributed by atoms with E-state index in [0.29, 0.717) is 42.1 Å². The zero-order valence-corrected chi connectivity index (χ0v) is 16.9. The fourth-order valence-corrected chi connectivity index (χ4v) is 4.06. The molecular weight excluding hydrogens is 425 g/mol. The van der Waals surface area contributed by atoms with Crippen molar-refractivity contribution in [1.29, 1.82) is 0 Å². The van der Waals surface area contributed by atoms with Gasteiger partial charge in [-0.3, -0.25) is 4.57 Å². The lowest BCUT2D eigenvalue weighted by Gasteiger charge is -2.26. The average Bonchev–Trinajstić information content (AvgIpc) is 3.31. The molecule has 0 amide bonds. The molecule has 8 nitrogen and oxygen atoms in total. The van der Waals surface area contributed by atoms with Gasteiger partial charge in [0, 0.05) is 26.1 Å². The summed E-state index contributed by atoms with van der Waals surface area (Å²) in [6.07, 6.45) is 2.99. The number of anilines is 3. The predicted molar refractivity (Wildman–Crippen MR) is 111 cm³/mol. The van der Waals surface area contributed by atoms with Crippen LogP contribution in [0.4, 0.5) is 30.8 Å². The van der Waals surface area contributed by atoms with E-state index in [0.717, 1.165) is 12.8 Å². The fraction of sp³-hybridized carbons (Fsp3) is 0.476. The van der Waals surface area contributed by atoms with Crippen molar-refractivity contribution in [2.24, 2.45) is 0 Å². The van der Waals surface area contributed by atoms with E-state index in [1.165, 1.54) is 10.8 Å². The Morgan fingerprint density at radius 3 is 2.56 bits per heavy atom. The summed E-state index contributed by atoms with van der Waals surface area (Å²) in [5.41, 5.74) is -0.0118. The maximum absolute atomic E-state index is 14.3. The van der Waals surface area contributed by atoms with E-state index in [-0.39, 0.29) is 24.7 Å². The van der Waals surface area contributed by atoms with Gasteiger partial charge in [-0.1, -0.05) is 0 Å². The van der Waals surface area contributed by atoms with Gasteiger partial charge < -0.3 is 20.5 Å². The summed E-state index contributed by atoms with van der Waals surface area (Å²) in [4.78, 5) is 13.2. The predicted octanol–water partition coefficient (Wildman–Crippen LogP) is 3.66. The smallest absolute Gasteiger partial charge is 0.224 e. The monoisotopic (exact) mass is 450 g/mol. The minimum atomic E-state index is -1.15. The number of nitrogens with zero attached hydrogens (tertiary/aromatic N) is 4. The molecule has 1 saturated carbocycles. The third kappa shape index (κ3) is 4.09. The Morgan fingerprint density at radius 2 is 1.88 bits per heavy atom. The van der Waals surface area contributed by atoms with Crippen molar-refractivity contribution in [2.75, 3.05) is 23.8 Å². The van der Waals surface area contributed by atoms with Gasteiger partial charge in [-0.2, -0.15) is 4.98 Å². The molecule has 3 heterocycles. The van der Waals surface area contributed by atoms with Gasteiger partial charge >= 0.3 is 0 Å². The molecule has 11 heteroatoms. The molecule has 2 fully saturated rings. The van der Waals surface area contributed by atoms with E-state index in [4.69, 9.17) is 7.48 Å². The van der Waals surface area contributed by atoms with Gasteiger partial charge in [0.2, 0.25) is 11.9 Å². The molecule has 0 radical (unpaired) electrons. The maximum Gasteiger partial charge on any atom is 0.224 e. The molecule has 3 aromatic rings. The van der Waals surface area contributed by atoms with Crippen molar-refractivity contribution in [2.45, 2.75) is 50.3 Å². The molecule has 2 aliphatic rings. The lowest BCUT2D eigenvalue weighted by Crippen LogP contribution is -2.29. The Balaban J connectivity index is 1.54. The number of aliphatic hydroxyl groups is 1.